The van der Waals surface area contributed by atoms with Crippen LogP contribution in [0.4, 0.5) is 0 Å². The minimum absolute atomic E-state index is 0.119. The third kappa shape index (κ3) is 6.92. The van der Waals surface area contributed by atoms with E-state index in [1.807, 2.05) is 18.2 Å². The van der Waals surface area contributed by atoms with E-state index < -0.39 is 0 Å². The van der Waals surface area contributed by atoms with Crippen LogP contribution in [0.15, 0.2) is 72.8 Å². The molecule has 0 aromatic heterocycles. The number of ether oxygens (including phenoxy) is 1. The maximum atomic E-state index is 12.4. The van der Waals surface area contributed by atoms with E-state index in [1.54, 1.807) is 24.3 Å². The summed E-state index contributed by atoms with van der Waals surface area (Å²) in [6, 6.07) is 23.6. The summed E-state index contributed by atoms with van der Waals surface area (Å²) >= 11 is 0. The van der Waals surface area contributed by atoms with Gasteiger partial charge >= 0.3 is 0 Å². The lowest BCUT2D eigenvalue weighted by atomic mass is 9.98. The first kappa shape index (κ1) is 24.0. The highest BCUT2D eigenvalue weighted by Gasteiger charge is 2.12. The van der Waals surface area contributed by atoms with E-state index >= 15 is 0 Å². The number of nitrogens with one attached hydrogen (secondary N) is 2. The van der Waals surface area contributed by atoms with Crippen molar-refractivity contribution in [1.29, 1.82) is 0 Å². The van der Waals surface area contributed by atoms with Crippen molar-refractivity contribution in [2.75, 3.05) is 27.7 Å². The van der Waals surface area contributed by atoms with Crippen LogP contribution in [0.3, 0.4) is 0 Å². The van der Waals surface area contributed by atoms with Gasteiger partial charge in [0.25, 0.3) is 5.91 Å². The first-order valence-corrected chi connectivity index (χ1v) is 11.0. The normalized spacial score (nSPS) is 10.7. The zero-order chi connectivity index (χ0) is 23.6. The minimum atomic E-state index is -0.261. The van der Waals surface area contributed by atoms with Crippen molar-refractivity contribution < 1.29 is 14.3 Å². The number of rotatable bonds is 10. The fourth-order valence-corrected chi connectivity index (χ4v) is 3.61. The van der Waals surface area contributed by atoms with Crippen LogP contribution in [0.5, 0.6) is 5.75 Å². The highest BCUT2D eigenvalue weighted by atomic mass is 16.5. The number of para-hydroxylation sites is 1. The second-order valence-corrected chi connectivity index (χ2v) is 8.07. The van der Waals surface area contributed by atoms with Gasteiger partial charge < -0.3 is 20.3 Å². The highest BCUT2D eigenvalue weighted by Crippen LogP contribution is 2.24. The van der Waals surface area contributed by atoms with Gasteiger partial charge in [-0.25, -0.2) is 0 Å². The van der Waals surface area contributed by atoms with Gasteiger partial charge in [0.15, 0.2) is 0 Å². The second-order valence-electron chi connectivity index (χ2n) is 8.07. The van der Waals surface area contributed by atoms with E-state index in [1.165, 1.54) is 12.7 Å². The van der Waals surface area contributed by atoms with E-state index in [2.05, 4.69) is 60.0 Å². The molecule has 0 bridgehead atoms. The lowest BCUT2D eigenvalue weighted by Gasteiger charge is -2.13. The number of nitrogens with zero attached hydrogens (tertiary/aromatic N) is 1. The molecule has 0 saturated carbocycles. The predicted octanol–water partition coefficient (Wildman–Crippen LogP) is 3.86. The summed E-state index contributed by atoms with van der Waals surface area (Å²) in [5.41, 5.74) is 4.96. The molecule has 33 heavy (non-hydrogen) atoms. The van der Waals surface area contributed by atoms with Gasteiger partial charge in [-0.2, -0.15) is 0 Å². The van der Waals surface area contributed by atoms with Crippen molar-refractivity contribution in [3.63, 3.8) is 0 Å². The molecule has 3 aromatic carbocycles. The highest BCUT2D eigenvalue weighted by molar-refractivity contribution is 5.97. The minimum Gasteiger partial charge on any atom is -0.496 e. The molecule has 6 heteroatoms. The molecule has 0 atom stereocenters. The van der Waals surface area contributed by atoms with Crippen molar-refractivity contribution in [1.82, 2.24) is 15.5 Å². The van der Waals surface area contributed by atoms with Crippen LogP contribution >= 0.6 is 0 Å². The molecular weight excluding hydrogens is 414 g/mol. The van der Waals surface area contributed by atoms with Crippen LogP contribution in [0, 0.1) is 0 Å². The SMILES string of the molecule is COc1ccccc1C(=O)NCCC(=O)NCc1ccccc1-c1ccc(CN(C)C)cc1. The van der Waals surface area contributed by atoms with E-state index in [4.69, 9.17) is 4.74 Å². The molecule has 0 spiro atoms. The average Bonchev–Trinajstić information content (AvgIpc) is 2.83. The molecule has 3 aromatic rings. The van der Waals surface area contributed by atoms with Crippen LogP contribution in [0.25, 0.3) is 11.1 Å². The molecule has 0 saturated heterocycles. The fraction of sp³-hybridized carbons (Fsp3) is 0.259. The number of amides is 2. The van der Waals surface area contributed by atoms with Crippen LogP contribution in [-0.4, -0.2) is 44.5 Å². The molecule has 2 amide bonds. The van der Waals surface area contributed by atoms with Gasteiger partial charge in [0, 0.05) is 26.1 Å². The van der Waals surface area contributed by atoms with Crippen LogP contribution in [0.1, 0.15) is 27.9 Å². The van der Waals surface area contributed by atoms with Crippen molar-refractivity contribution in [2.45, 2.75) is 19.5 Å². The van der Waals surface area contributed by atoms with E-state index in [0.29, 0.717) is 17.9 Å². The van der Waals surface area contributed by atoms with Crippen LogP contribution < -0.4 is 15.4 Å². The van der Waals surface area contributed by atoms with E-state index in [9.17, 15) is 9.59 Å². The van der Waals surface area contributed by atoms with E-state index in [0.717, 1.165) is 23.2 Å². The van der Waals surface area contributed by atoms with Gasteiger partial charge in [0.2, 0.25) is 5.91 Å². The van der Waals surface area contributed by atoms with E-state index in [-0.39, 0.29) is 24.8 Å². The summed E-state index contributed by atoms with van der Waals surface area (Å²) in [6.07, 6.45) is 0.197. The summed E-state index contributed by atoms with van der Waals surface area (Å²) in [7, 11) is 5.63. The maximum absolute atomic E-state index is 12.4. The molecular formula is C27H31N3O3. The Hall–Kier alpha value is -3.64. The molecule has 6 nitrogen and oxygen atoms in total. The Kier molecular flexibility index (Phi) is 8.61. The lowest BCUT2D eigenvalue weighted by Crippen LogP contribution is -2.30. The molecule has 0 heterocycles. The summed E-state index contributed by atoms with van der Waals surface area (Å²) < 4.78 is 5.21. The molecule has 3 rings (SSSR count). The number of carbonyl (C=O) groups is 2. The number of methoxy groups -OCH3 is 1. The topological polar surface area (TPSA) is 70.7 Å². The fourth-order valence-electron chi connectivity index (χ4n) is 3.61. The van der Waals surface area contributed by atoms with Crippen molar-refractivity contribution in [3.8, 4) is 16.9 Å². The Morgan fingerprint density at radius 2 is 1.58 bits per heavy atom. The number of hydrogen-bond acceptors (Lipinski definition) is 4. The lowest BCUT2D eigenvalue weighted by molar-refractivity contribution is -0.121. The first-order valence-electron chi connectivity index (χ1n) is 11.0. The third-order valence-corrected chi connectivity index (χ3v) is 5.25. The van der Waals surface area contributed by atoms with Gasteiger partial charge in [0.05, 0.1) is 12.7 Å². The first-order chi connectivity index (χ1) is 16.0. The van der Waals surface area contributed by atoms with Gasteiger partial charge in [-0.1, -0.05) is 60.7 Å². The standard InChI is InChI=1S/C27H31N3O3/c1-30(2)19-20-12-14-21(15-13-20)23-9-5-4-8-22(23)18-29-26(31)16-17-28-27(32)24-10-6-7-11-25(24)33-3/h4-15H,16-19H2,1-3H3,(H,28,32)(H,29,31). The van der Waals surface area contributed by atoms with Crippen LogP contribution in [0.2, 0.25) is 0 Å². The summed E-state index contributed by atoms with van der Waals surface area (Å²) in [5, 5.41) is 5.74. The number of benzene rings is 3. The zero-order valence-electron chi connectivity index (χ0n) is 19.4. The van der Waals surface area contributed by atoms with Crippen LogP contribution in [-0.2, 0) is 17.9 Å². The summed E-state index contributed by atoms with van der Waals surface area (Å²) in [5.74, 6) is 0.126. The molecule has 0 aliphatic carbocycles. The van der Waals surface area contributed by atoms with Crippen molar-refractivity contribution >= 4 is 11.8 Å². The maximum Gasteiger partial charge on any atom is 0.255 e. The quantitative estimate of drug-likeness (QED) is 0.497. The molecule has 172 valence electrons. The predicted molar refractivity (Wildman–Crippen MR) is 131 cm³/mol. The second kappa shape index (κ2) is 11.8. The smallest absolute Gasteiger partial charge is 0.255 e. The van der Waals surface area contributed by atoms with Gasteiger partial charge in [-0.15, -0.1) is 0 Å². The Bertz CT molecular complexity index is 1080. The van der Waals surface area contributed by atoms with Gasteiger partial charge in [-0.3, -0.25) is 9.59 Å². The third-order valence-electron chi connectivity index (χ3n) is 5.25. The Morgan fingerprint density at radius 3 is 2.30 bits per heavy atom. The average molecular weight is 446 g/mol. The molecule has 0 unspecified atom stereocenters. The number of carbonyl (C=O) groups excluding carboxylic acids is 2. The molecule has 0 radical (unpaired) electrons. The Labute approximate surface area is 195 Å². The van der Waals surface area contributed by atoms with Crippen molar-refractivity contribution in [2.24, 2.45) is 0 Å². The largest absolute Gasteiger partial charge is 0.496 e. The summed E-state index contributed by atoms with van der Waals surface area (Å²) in [4.78, 5) is 26.8. The monoisotopic (exact) mass is 445 g/mol. The summed E-state index contributed by atoms with van der Waals surface area (Å²) in [6.45, 7) is 1.57. The molecule has 0 fully saturated rings. The van der Waals surface area contributed by atoms with Crippen molar-refractivity contribution in [3.05, 3.63) is 89.5 Å². The molecule has 0 aliphatic rings. The van der Waals surface area contributed by atoms with Gasteiger partial charge in [-0.05, 0) is 48.5 Å². The number of hydrogen-bond donors (Lipinski definition) is 2. The molecule has 2 N–H and O–H groups in total. The zero-order valence-corrected chi connectivity index (χ0v) is 19.4. The Morgan fingerprint density at radius 1 is 0.879 bits per heavy atom. The Balaban J connectivity index is 1.53. The van der Waals surface area contributed by atoms with Gasteiger partial charge in [0.1, 0.15) is 5.75 Å². The molecule has 0 aliphatic heterocycles.